The fraction of sp³-hybridized carbons (Fsp3) is 0.559. The summed E-state index contributed by atoms with van der Waals surface area (Å²) >= 11 is 4.59. The number of nitrogens with zero attached hydrogens (tertiary/aromatic N) is 12. The Hall–Kier alpha value is -4.48. The summed E-state index contributed by atoms with van der Waals surface area (Å²) in [6, 6.07) is 0. The monoisotopic (exact) mass is 1080 g/mol. The van der Waals surface area contributed by atoms with Crippen molar-refractivity contribution in [2.45, 2.75) is 86.0 Å². The molecular weight excluding hydrogens is 1030 g/mol. The molecule has 0 amide bonds. The van der Waals surface area contributed by atoms with E-state index in [0.29, 0.717) is 6.42 Å². The molecule has 10 heterocycles. The lowest BCUT2D eigenvalue weighted by molar-refractivity contribution is -0.165. The van der Waals surface area contributed by atoms with E-state index in [2.05, 4.69) is 56.7 Å². The number of fused-ring (bicyclic) bond motifs is 4. The Labute approximate surface area is 402 Å². The summed E-state index contributed by atoms with van der Waals surface area (Å²) in [5, 5.41) is 23.3. The van der Waals surface area contributed by atoms with Gasteiger partial charge < -0.3 is 75.2 Å². The third-order valence-electron chi connectivity index (χ3n) is 12.2. The van der Waals surface area contributed by atoms with E-state index in [9.17, 15) is 38.9 Å². The predicted octanol–water partition coefficient (Wildman–Crippen LogP) is -1.54. The molecule has 0 saturated carbocycles. The van der Waals surface area contributed by atoms with Gasteiger partial charge in [-0.15, -0.1) is 0 Å². The number of rotatable bonds is 17. The number of aromatic nitrogens is 12. The van der Waals surface area contributed by atoms with Gasteiger partial charge in [-0.2, -0.15) is 0 Å². The van der Waals surface area contributed by atoms with Gasteiger partial charge in [0.1, 0.15) is 90.0 Å². The number of hydrogen-bond acceptors (Lipinski definition) is 27. The van der Waals surface area contributed by atoms with Crippen LogP contribution in [-0.2, 0) is 67.2 Å². The number of ether oxygens (including phenoxy) is 5. The van der Waals surface area contributed by atoms with Crippen LogP contribution in [0.15, 0.2) is 38.0 Å². The molecule has 384 valence electrons. The maximum absolute atomic E-state index is 14.1. The topological polar surface area (TPSA) is 457 Å². The molecule has 0 aromatic carbocycles. The van der Waals surface area contributed by atoms with Crippen LogP contribution in [0.25, 0.3) is 33.5 Å². The molecule has 6 aromatic rings. The molecule has 4 aliphatic rings. The number of anilines is 3. The minimum Gasteiger partial charge on any atom is -0.387 e. The lowest BCUT2D eigenvalue weighted by Crippen LogP contribution is -2.51. The van der Waals surface area contributed by atoms with Crippen LogP contribution in [-0.4, -0.2) is 176 Å². The Morgan fingerprint density at radius 1 is 0.676 bits per heavy atom. The summed E-state index contributed by atoms with van der Waals surface area (Å²) in [7, 11) is -9.41. The number of aliphatic hydroxyl groups is 2. The molecule has 33 nitrogen and oxygen atoms in total. The van der Waals surface area contributed by atoms with E-state index in [1.165, 1.54) is 46.1 Å². The van der Waals surface area contributed by atoms with Crippen molar-refractivity contribution in [3.05, 3.63) is 38.0 Å². The highest BCUT2D eigenvalue weighted by atomic mass is 32.5. The molecule has 5 unspecified atom stereocenters. The van der Waals surface area contributed by atoms with Crippen molar-refractivity contribution in [2.75, 3.05) is 50.7 Å². The zero-order valence-electron chi connectivity index (χ0n) is 36.5. The van der Waals surface area contributed by atoms with Crippen LogP contribution in [0.1, 0.15) is 31.5 Å². The van der Waals surface area contributed by atoms with Crippen LogP contribution >= 0.6 is 22.4 Å². The first-order valence-corrected chi connectivity index (χ1v) is 26.7. The fourth-order valence-electron chi connectivity index (χ4n) is 9.00. The van der Waals surface area contributed by atoms with Gasteiger partial charge in [-0.05, 0) is 24.6 Å². The molecular formula is C34H44N15O18P3S. The molecule has 12 N–H and O–H groups in total. The molecule has 6 aromatic heterocycles. The summed E-state index contributed by atoms with van der Waals surface area (Å²) in [5.74, 6) is 0.0330. The van der Waals surface area contributed by atoms with Gasteiger partial charge in [0.05, 0.1) is 38.8 Å². The molecule has 0 bridgehead atoms. The van der Waals surface area contributed by atoms with E-state index in [-0.39, 0.29) is 64.0 Å². The SMILES string of the molecule is CO[C@@H]1C(OP(=O)(O)OC[C@H]2O[C@@H](n3cnc4c(N)ncnc43)C(OP(=O)(O)OC[C@]34CCCO[C@@H]3C(O)[C@H](n3cnc5c(N)ncnc53)O4)[C@H]2O)[C@H](n2cnc3c(N)ncnc32)O[C@@H]1COP(O)(O)=S. The van der Waals surface area contributed by atoms with Crippen molar-refractivity contribution in [1.82, 2.24) is 58.6 Å². The maximum Gasteiger partial charge on any atom is 0.472 e. The van der Waals surface area contributed by atoms with E-state index < -0.39 is 115 Å². The molecule has 71 heavy (non-hydrogen) atoms. The molecule has 0 radical (unpaired) electrons. The van der Waals surface area contributed by atoms with E-state index in [4.69, 9.17) is 63.5 Å². The average Bonchev–Trinajstić information content (AvgIpc) is 4.19. The number of nitrogens with two attached hydrogens (primary N) is 3. The van der Waals surface area contributed by atoms with Crippen molar-refractivity contribution in [3.8, 4) is 0 Å². The van der Waals surface area contributed by atoms with Crippen molar-refractivity contribution in [1.29, 1.82) is 0 Å². The number of imidazole rings is 3. The molecule has 10 rings (SSSR count). The summed E-state index contributed by atoms with van der Waals surface area (Å²) < 4.78 is 89.4. The number of nitrogen functional groups attached to an aromatic ring is 3. The summed E-state index contributed by atoms with van der Waals surface area (Å²) in [6.45, 7) is -6.22. The van der Waals surface area contributed by atoms with E-state index >= 15 is 0 Å². The fourth-order valence-corrected chi connectivity index (χ4v) is 11.4. The second-order valence-electron chi connectivity index (χ2n) is 16.5. The van der Waals surface area contributed by atoms with Gasteiger partial charge in [0.25, 0.3) is 0 Å². The Bertz CT molecular complexity index is 3100. The Morgan fingerprint density at radius 2 is 1.17 bits per heavy atom. The van der Waals surface area contributed by atoms with Crippen LogP contribution in [0.5, 0.6) is 0 Å². The van der Waals surface area contributed by atoms with Gasteiger partial charge in [0.15, 0.2) is 53.1 Å². The number of phosphoric acid groups is 2. The van der Waals surface area contributed by atoms with Crippen LogP contribution < -0.4 is 17.2 Å². The second kappa shape index (κ2) is 19.1. The quantitative estimate of drug-likeness (QED) is 0.0467. The van der Waals surface area contributed by atoms with Crippen LogP contribution in [0.2, 0.25) is 0 Å². The van der Waals surface area contributed by atoms with Crippen LogP contribution in [0.3, 0.4) is 0 Å². The van der Waals surface area contributed by atoms with Gasteiger partial charge in [-0.3, -0.25) is 31.8 Å². The smallest absolute Gasteiger partial charge is 0.387 e. The second-order valence-corrected chi connectivity index (χ2v) is 21.9. The highest BCUT2D eigenvalue weighted by Gasteiger charge is 2.59. The third-order valence-corrected chi connectivity index (χ3v) is 14.9. The number of phosphoric ester groups is 2. The van der Waals surface area contributed by atoms with Gasteiger partial charge in [0.2, 0.25) is 0 Å². The first-order valence-electron chi connectivity index (χ1n) is 21.1. The lowest BCUT2D eigenvalue weighted by atomic mass is 9.89. The number of aliphatic hydroxyl groups excluding tert-OH is 2. The van der Waals surface area contributed by atoms with Crippen LogP contribution in [0.4, 0.5) is 17.5 Å². The Morgan fingerprint density at radius 3 is 1.72 bits per heavy atom. The van der Waals surface area contributed by atoms with Crippen molar-refractivity contribution >= 4 is 85.1 Å². The molecule has 4 aliphatic heterocycles. The molecule has 0 spiro atoms. The first kappa shape index (κ1) is 50.1. The average molecular weight is 1080 g/mol. The van der Waals surface area contributed by atoms with E-state index in [1.807, 2.05) is 0 Å². The largest absolute Gasteiger partial charge is 0.472 e. The predicted molar refractivity (Wildman–Crippen MR) is 238 cm³/mol. The van der Waals surface area contributed by atoms with Crippen molar-refractivity contribution in [2.24, 2.45) is 0 Å². The molecule has 0 aliphatic carbocycles. The van der Waals surface area contributed by atoms with Crippen molar-refractivity contribution in [3.63, 3.8) is 0 Å². The summed E-state index contributed by atoms with van der Waals surface area (Å²) in [6.07, 6.45) is -8.31. The number of methoxy groups -OCH3 is 1. The zero-order valence-corrected chi connectivity index (χ0v) is 40.0. The lowest BCUT2D eigenvalue weighted by Gasteiger charge is -2.38. The summed E-state index contributed by atoms with van der Waals surface area (Å²) in [5.41, 5.74) is 17.3. The zero-order chi connectivity index (χ0) is 50.2. The number of hydrogen-bond donors (Lipinski definition) is 9. The summed E-state index contributed by atoms with van der Waals surface area (Å²) in [4.78, 5) is 79.3. The molecule has 37 heteroatoms. The standard InChI is InChI=1S/C34H44N15O18P3S/c1-58-21-15(6-61-70(56,57)71)64-33(49-13-46-18-27(37)40-10-43-30(18)49)23(21)67-68(52,53)60-5-14-19(50)22(32(63-14)48-12-45-17-26(36)39-9-42-29(17)48)66-69(54,55)62-7-34-3-2-4-59-24(34)20(51)31(65-34)47-11-44-16-25(35)38-8-41-28(16)47/h8-15,19-24,31-33,50-51H,2-7H2,1H3,(H,52,53)(H,54,55)(H2,35,38,41)(H2,36,39,42)(H2,37,40,43)(H2,56,57,71)/t14-,15-,19+,20?,21+,22?,23?,24-,31-,32-,33-,34-/m1/s1. The first-order chi connectivity index (χ1) is 33.8. The van der Waals surface area contributed by atoms with E-state index in [1.54, 1.807) is 0 Å². The molecule has 4 fully saturated rings. The highest BCUT2D eigenvalue weighted by molar-refractivity contribution is 8.06. The van der Waals surface area contributed by atoms with Gasteiger partial charge in [-0.25, -0.2) is 54.0 Å². The van der Waals surface area contributed by atoms with Crippen LogP contribution in [0, 0.1) is 0 Å². The Kier molecular flexibility index (Phi) is 13.5. The maximum atomic E-state index is 14.1. The van der Waals surface area contributed by atoms with Gasteiger partial charge >= 0.3 is 22.4 Å². The normalized spacial score (nSPS) is 31.9. The highest BCUT2D eigenvalue weighted by Crippen LogP contribution is 2.55. The van der Waals surface area contributed by atoms with Crippen molar-refractivity contribution < 1.29 is 85.2 Å². The van der Waals surface area contributed by atoms with Gasteiger partial charge in [-0.1, -0.05) is 0 Å². The minimum atomic E-state index is -5.31. The molecule has 14 atom stereocenters. The third kappa shape index (κ3) is 9.53. The van der Waals surface area contributed by atoms with E-state index in [0.717, 1.165) is 12.7 Å². The minimum absolute atomic E-state index is 0.00410. The molecule has 4 saturated heterocycles. The Balaban J connectivity index is 0.884. The van der Waals surface area contributed by atoms with Gasteiger partial charge in [0, 0.05) is 13.7 Å².